The number of nitrogens with zero attached hydrogens (tertiary/aromatic N) is 1. The van der Waals surface area contributed by atoms with Crippen molar-refractivity contribution in [3.63, 3.8) is 0 Å². The molecule has 4 heteroatoms. The van der Waals surface area contributed by atoms with Crippen LogP contribution in [0, 0.1) is 4.77 Å². The Balaban J connectivity index is 2.20. The van der Waals surface area contributed by atoms with Crippen LogP contribution in [0.25, 0.3) is 0 Å². The van der Waals surface area contributed by atoms with E-state index >= 15 is 0 Å². The lowest BCUT2D eigenvalue weighted by atomic mass is 10.2. The normalized spacial score (nSPS) is 10.2. The summed E-state index contributed by atoms with van der Waals surface area (Å²) in [4.78, 5) is 9.95. The van der Waals surface area contributed by atoms with Crippen LogP contribution in [-0.4, -0.2) is 15.0 Å². The summed E-state index contributed by atoms with van der Waals surface area (Å²) in [6, 6.07) is 3.98. The zero-order valence-electron chi connectivity index (χ0n) is 6.95. The fraction of sp³-hybridized carbons (Fsp3) is 0.111. The molecule has 0 aromatic carbocycles. The summed E-state index contributed by atoms with van der Waals surface area (Å²) in [6.07, 6.45) is 6.33. The minimum atomic E-state index is 0.670. The van der Waals surface area contributed by atoms with Gasteiger partial charge in [0.15, 0.2) is 4.77 Å². The molecular formula is C9H9N3S. The predicted octanol–water partition coefficient (Wildman–Crippen LogP) is 2.06. The number of hydrogen-bond acceptors (Lipinski definition) is 2. The summed E-state index contributed by atoms with van der Waals surface area (Å²) in [5.41, 5.74) is 2.32. The number of aromatic nitrogens is 3. The van der Waals surface area contributed by atoms with Gasteiger partial charge in [-0.15, -0.1) is 0 Å². The van der Waals surface area contributed by atoms with Gasteiger partial charge in [0.1, 0.15) is 0 Å². The molecule has 0 unspecified atom stereocenters. The lowest BCUT2D eigenvalue weighted by Crippen LogP contribution is -1.87. The molecule has 0 radical (unpaired) electrons. The summed E-state index contributed by atoms with van der Waals surface area (Å²) in [5.74, 6) is 0. The first-order valence-electron chi connectivity index (χ1n) is 4.00. The van der Waals surface area contributed by atoms with E-state index < -0.39 is 0 Å². The number of hydrogen-bond donors (Lipinski definition) is 2. The molecule has 0 atom stereocenters. The molecule has 2 rings (SSSR count). The summed E-state index contributed by atoms with van der Waals surface area (Å²) in [6.45, 7) is 0. The SMILES string of the molecule is S=c1[nH]cc(Cc2ccncc2)[nH]1. The average molecular weight is 191 g/mol. The van der Waals surface area contributed by atoms with E-state index in [-0.39, 0.29) is 0 Å². The van der Waals surface area contributed by atoms with Crippen LogP contribution in [-0.2, 0) is 6.42 Å². The summed E-state index contributed by atoms with van der Waals surface area (Å²) in [5, 5.41) is 0. The molecule has 0 amide bonds. The van der Waals surface area contributed by atoms with Crippen molar-refractivity contribution in [3.05, 3.63) is 46.8 Å². The van der Waals surface area contributed by atoms with Crippen LogP contribution in [0.1, 0.15) is 11.3 Å². The Morgan fingerprint density at radius 2 is 2.08 bits per heavy atom. The summed E-state index contributed by atoms with van der Waals surface area (Å²) < 4.78 is 0.670. The Labute approximate surface area is 80.9 Å². The van der Waals surface area contributed by atoms with Crippen molar-refractivity contribution in [1.82, 2.24) is 15.0 Å². The van der Waals surface area contributed by atoms with Gasteiger partial charge in [0.05, 0.1) is 0 Å². The maximum absolute atomic E-state index is 4.93. The third kappa shape index (κ3) is 2.03. The Morgan fingerprint density at radius 3 is 2.69 bits per heavy atom. The highest BCUT2D eigenvalue weighted by molar-refractivity contribution is 7.71. The minimum absolute atomic E-state index is 0.670. The van der Waals surface area contributed by atoms with E-state index in [2.05, 4.69) is 15.0 Å². The van der Waals surface area contributed by atoms with Crippen LogP contribution in [0.4, 0.5) is 0 Å². The zero-order valence-corrected chi connectivity index (χ0v) is 7.77. The second-order valence-electron chi connectivity index (χ2n) is 2.80. The molecule has 0 aliphatic carbocycles. The van der Waals surface area contributed by atoms with Gasteiger partial charge in [-0.1, -0.05) is 0 Å². The van der Waals surface area contributed by atoms with Gasteiger partial charge in [0.25, 0.3) is 0 Å². The topological polar surface area (TPSA) is 44.5 Å². The second-order valence-corrected chi connectivity index (χ2v) is 3.21. The third-order valence-corrected chi connectivity index (χ3v) is 2.02. The highest BCUT2D eigenvalue weighted by Crippen LogP contribution is 2.04. The van der Waals surface area contributed by atoms with E-state index in [0.717, 1.165) is 12.1 Å². The van der Waals surface area contributed by atoms with Gasteiger partial charge in [0, 0.05) is 30.7 Å². The molecule has 66 valence electrons. The van der Waals surface area contributed by atoms with Gasteiger partial charge in [-0.3, -0.25) is 4.98 Å². The molecule has 13 heavy (non-hydrogen) atoms. The fourth-order valence-electron chi connectivity index (χ4n) is 1.19. The number of H-pyrrole nitrogens is 2. The molecule has 0 saturated carbocycles. The molecule has 2 N–H and O–H groups in total. The Kier molecular flexibility index (Phi) is 2.23. The third-order valence-electron chi connectivity index (χ3n) is 1.80. The molecular weight excluding hydrogens is 182 g/mol. The zero-order chi connectivity index (χ0) is 9.10. The fourth-order valence-corrected chi connectivity index (χ4v) is 1.38. The van der Waals surface area contributed by atoms with Crippen molar-refractivity contribution in [1.29, 1.82) is 0 Å². The molecule has 0 aliphatic heterocycles. The van der Waals surface area contributed by atoms with E-state index in [1.165, 1.54) is 5.56 Å². The number of nitrogens with one attached hydrogen (secondary N) is 2. The van der Waals surface area contributed by atoms with Gasteiger partial charge in [-0.2, -0.15) is 0 Å². The maximum Gasteiger partial charge on any atom is 0.174 e. The largest absolute Gasteiger partial charge is 0.337 e. The van der Waals surface area contributed by atoms with E-state index in [1.54, 1.807) is 12.4 Å². The van der Waals surface area contributed by atoms with Crippen molar-refractivity contribution < 1.29 is 0 Å². The number of pyridine rings is 1. The van der Waals surface area contributed by atoms with Crippen LogP contribution in [0.15, 0.2) is 30.7 Å². The molecule has 2 aromatic heterocycles. The Morgan fingerprint density at radius 1 is 1.31 bits per heavy atom. The Bertz CT molecular complexity index is 429. The van der Waals surface area contributed by atoms with E-state index in [9.17, 15) is 0 Å². The standard InChI is InChI=1S/C9H9N3S/c13-9-11-6-8(12-9)5-7-1-3-10-4-2-7/h1-4,6H,5H2,(H2,11,12,13). The molecule has 0 bridgehead atoms. The monoisotopic (exact) mass is 191 g/mol. The van der Waals surface area contributed by atoms with E-state index in [4.69, 9.17) is 12.2 Å². The second kappa shape index (κ2) is 3.53. The average Bonchev–Trinajstić information content (AvgIpc) is 2.53. The number of imidazole rings is 1. The van der Waals surface area contributed by atoms with Crippen molar-refractivity contribution in [2.24, 2.45) is 0 Å². The number of rotatable bonds is 2. The molecule has 2 aromatic rings. The summed E-state index contributed by atoms with van der Waals surface area (Å²) >= 11 is 4.93. The highest BCUT2D eigenvalue weighted by Gasteiger charge is 1.95. The van der Waals surface area contributed by atoms with Gasteiger partial charge >= 0.3 is 0 Å². The molecule has 0 aliphatic rings. The van der Waals surface area contributed by atoms with Crippen molar-refractivity contribution in [2.45, 2.75) is 6.42 Å². The van der Waals surface area contributed by atoms with Crippen molar-refractivity contribution in [3.8, 4) is 0 Å². The van der Waals surface area contributed by atoms with E-state index in [1.807, 2.05) is 18.3 Å². The molecule has 0 saturated heterocycles. The van der Waals surface area contributed by atoms with Crippen LogP contribution in [0.5, 0.6) is 0 Å². The maximum atomic E-state index is 4.93. The smallest absolute Gasteiger partial charge is 0.174 e. The molecule has 0 fully saturated rings. The van der Waals surface area contributed by atoms with Crippen LogP contribution < -0.4 is 0 Å². The number of aromatic amines is 2. The minimum Gasteiger partial charge on any atom is -0.337 e. The van der Waals surface area contributed by atoms with Gasteiger partial charge in [0.2, 0.25) is 0 Å². The predicted molar refractivity (Wildman–Crippen MR) is 53.0 cm³/mol. The van der Waals surface area contributed by atoms with Gasteiger partial charge in [-0.25, -0.2) is 0 Å². The van der Waals surface area contributed by atoms with Gasteiger partial charge in [-0.05, 0) is 29.9 Å². The quantitative estimate of drug-likeness (QED) is 0.714. The van der Waals surface area contributed by atoms with Crippen molar-refractivity contribution in [2.75, 3.05) is 0 Å². The van der Waals surface area contributed by atoms with Crippen LogP contribution >= 0.6 is 12.2 Å². The first kappa shape index (κ1) is 8.19. The first-order valence-corrected chi connectivity index (χ1v) is 4.41. The molecule has 2 heterocycles. The van der Waals surface area contributed by atoms with E-state index in [0.29, 0.717) is 4.77 Å². The van der Waals surface area contributed by atoms with Crippen LogP contribution in [0.3, 0.4) is 0 Å². The molecule has 0 spiro atoms. The highest BCUT2D eigenvalue weighted by atomic mass is 32.1. The lowest BCUT2D eigenvalue weighted by Gasteiger charge is -1.95. The van der Waals surface area contributed by atoms with Crippen LogP contribution in [0.2, 0.25) is 0 Å². The van der Waals surface area contributed by atoms with Gasteiger partial charge < -0.3 is 9.97 Å². The summed E-state index contributed by atoms with van der Waals surface area (Å²) in [7, 11) is 0. The molecule has 3 nitrogen and oxygen atoms in total. The first-order chi connectivity index (χ1) is 6.34. The lowest BCUT2D eigenvalue weighted by molar-refractivity contribution is 1.09. The van der Waals surface area contributed by atoms with Crippen molar-refractivity contribution >= 4 is 12.2 Å². The Hall–Kier alpha value is -1.42.